The van der Waals surface area contributed by atoms with Gasteiger partial charge in [0.05, 0.1) is 11.3 Å². The number of halogens is 5. The first kappa shape index (κ1) is 19.7. The van der Waals surface area contributed by atoms with Gasteiger partial charge in [-0.25, -0.2) is 19.6 Å². The summed E-state index contributed by atoms with van der Waals surface area (Å²) in [5.41, 5.74) is -1.13. The van der Waals surface area contributed by atoms with Crippen LogP contribution in [-0.2, 0) is 15.8 Å². The lowest BCUT2D eigenvalue weighted by molar-refractivity contribution is -0.137. The van der Waals surface area contributed by atoms with Crippen LogP contribution in [0.4, 0.5) is 27.6 Å². The second kappa shape index (κ2) is 7.19. The summed E-state index contributed by atoms with van der Waals surface area (Å²) in [5, 5.41) is 2.78. The number of benzene rings is 2. The number of nitrogens with two attached hydrogens (primary N) is 1. The smallest absolute Gasteiger partial charge is 0.355 e. The van der Waals surface area contributed by atoms with E-state index in [0.29, 0.717) is 10.6 Å². The van der Waals surface area contributed by atoms with E-state index in [1.54, 1.807) is 0 Å². The highest BCUT2D eigenvalue weighted by molar-refractivity contribution is 6.09. The maximum atomic E-state index is 13.9. The largest absolute Gasteiger partial charge is 0.416 e. The first-order valence-electron chi connectivity index (χ1n) is 8.09. The molecule has 1 aliphatic rings. The maximum Gasteiger partial charge on any atom is 0.416 e. The quantitative estimate of drug-likeness (QED) is 0.274. The summed E-state index contributed by atoms with van der Waals surface area (Å²) in [6.07, 6.45) is -4.53. The molecule has 0 saturated carbocycles. The number of amides is 2. The molecule has 5 nitrogen and oxygen atoms in total. The van der Waals surface area contributed by atoms with E-state index in [1.807, 2.05) is 0 Å². The third-order valence-electron chi connectivity index (χ3n) is 4.54. The lowest BCUT2D eigenvalue weighted by Crippen LogP contribution is -2.45. The van der Waals surface area contributed by atoms with Gasteiger partial charge in [0.1, 0.15) is 5.92 Å². The number of hydrogen-bond donors (Lipinski definition) is 2. The van der Waals surface area contributed by atoms with Crippen molar-refractivity contribution in [2.24, 2.45) is 11.8 Å². The zero-order valence-corrected chi connectivity index (χ0v) is 14.1. The van der Waals surface area contributed by atoms with E-state index in [1.165, 1.54) is 0 Å². The third-order valence-corrected chi connectivity index (χ3v) is 4.54. The number of hydrogen-bond acceptors (Lipinski definition) is 3. The van der Waals surface area contributed by atoms with Crippen molar-refractivity contribution in [3.8, 4) is 0 Å². The summed E-state index contributed by atoms with van der Waals surface area (Å²) in [4.78, 5) is 24.9. The lowest BCUT2D eigenvalue weighted by atomic mass is 9.87. The fourth-order valence-corrected chi connectivity index (χ4v) is 3.08. The monoisotopic (exact) mass is 399 g/mol. The minimum Gasteiger partial charge on any atom is -0.355 e. The van der Waals surface area contributed by atoms with Crippen LogP contribution in [0.3, 0.4) is 0 Å². The van der Waals surface area contributed by atoms with Crippen molar-refractivity contribution in [1.29, 1.82) is 0 Å². The average Bonchev–Trinajstić information content (AvgIpc) is 3.03. The summed E-state index contributed by atoms with van der Waals surface area (Å²) in [5.74, 6) is -0.894. The molecule has 0 aliphatic carbocycles. The molecular formula is C18H14F5N3O2. The Morgan fingerprint density at radius 1 is 1.11 bits per heavy atom. The van der Waals surface area contributed by atoms with E-state index in [2.05, 4.69) is 5.32 Å². The van der Waals surface area contributed by atoms with Crippen molar-refractivity contribution in [3.05, 3.63) is 65.2 Å². The molecule has 148 valence electrons. The molecular weight excluding hydrogens is 385 g/mol. The Labute approximate surface area is 155 Å². The van der Waals surface area contributed by atoms with Gasteiger partial charge < -0.3 is 5.32 Å². The molecule has 0 bridgehead atoms. The molecule has 2 amide bonds. The van der Waals surface area contributed by atoms with Gasteiger partial charge in [-0.05, 0) is 29.8 Å². The van der Waals surface area contributed by atoms with Crippen LogP contribution in [0.2, 0.25) is 0 Å². The lowest BCUT2D eigenvalue weighted by Gasteiger charge is -2.23. The first-order valence-corrected chi connectivity index (χ1v) is 8.09. The van der Waals surface area contributed by atoms with Gasteiger partial charge in [-0.15, -0.1) is 0 Å². The van der Waals surface area contributed by atoms with Crippen LogP contribution < -0.4 is 16.2 Å². The molecule has 2 unspecified atom stereocenters. The molecule has 2 aromatic rings. The minimum absolute atomic E-state index is 0.0138. The highest BCUT2D eigenvalue weighted by atomic mass is 19.4. The molecule has 1 aliphatic heterocycles. The predicted octanol–water partition coefficient (Wildman–Crippen LogP) is 2.72. The molecule has 2 aromatic carbocycles. The predicted molar refractivity (Wildman–Crippen MR) is 88.7 cm³/mol. The van der Waals surface area contributed by atoms with Gasteiger partial charge in [-0.2, -0.15) is 13.2 Å². The van der Waals surface area contributed by atoms with E-state index < -0.39 is 52.7 Å². The molecule has 28 heavy (non-hydrogen) atoms. The molecule has 3 rings (SSSR count). The standard InChI is InChI=1S/C18H14F5N3O2/c19-12-2-1-3-13(15(12)20)26(24)17(28)14-11(8-25-16(14)27)9-4-6-10(7-5-9)18(21,22)23/h1-7,11,14H,8,24H2,(H,25,27). The molecule has 2 atom stereocenters. The number of carbonyl (C=O) groups excluding carboxylic acids is 2. The number of anilines is 1. The summed E-state index contributed by atoms with van der Waals surface area (Å²) in [6, 6.07) is 7.05. The van der Waals surface area contributed by atoms with Crippen molar-refractivity contribution < 1.29 is 31.5 Å². The van der Waals surface area contributed by atoms with Gasteiger partial charge in [0.2, 0.25) is 5.91 Å². The number of carbonyl (C=O) groups is 2. The van der Waals surface area contributed by atoms with Crippen molar-refractivity contribution >= 4 is 17.5 Å². The molecule has 1 saturated heterocycles. The number of nitrogens with zero attached hydrogens (tertiary/aromatic N) is 1. The topological polar surface area (TPSA) is 75.4 Å². The van der Waals surface area contributed by atoms with Gasteiger partial charge in [-0.1, -0.05) is 18.2 Å². The average molecular weight is 399 g/mol. The van der Waals surface area contributed by atoms with Crippen molar-refractivity contribution in [2.45, 2.75) is 12.1 Å². The van der Waals surface area contributed by atoms with E-state index in [0.717, 1.165) is 42.5 Å². The highest BCUT2D eigenvalue weighted by Crippen LogP contribution is 2.34. The van der Waals surface area contributed by atoms with Crippen LogP contribution in [0, 0.1) is 17.6 Å². The normalized spacial score (nSPS) is 19.4. The van der Waals surface area contributed by atoms with Gasteiger partial charge in [-0.3, -0.25) is 9.59 Å². The van der Waals surface area contributed by atoms with E-state index in [9.17, 15) is 31.5 Å². The Bertz CT molecular complexity index is 914. The van der Waals surface area contributed by atoms with E-state index in [-0.39, 0.29) is 6.54 Å². The SMILES string of the molecule is NN(C(=O)C1C(=O)NCC1c1ccc(C(F)(F)F)cc1)c1cccc(F)c1F. The van der Waals surface area contributed by atoms with Crippen LogP contribution in [0.15, 0.2) is 42.5 Å². The Hall–Kier alpha value is -3.01. The van der Waals surface area contributed by atoms with E-state index >= 15 is 0 Å². The Morgan fingerprint density at radius 3 is 2.36 bits per heavy atom. The van der Waals surface area contributed by atoms with Gasteiger partial charge in [0.15, 0.2) is 11.6 Å². The second-order valence-corrected chi connectivity index (χ2v) is 6.23. The summed E-state index contributed by atoms with van der Waals surface area (Å²) in [6.45, 7) is -0.0138. The van der Waals surface area contributed by atoms with Crippen LogP contribution in [-0.4, -0.2) is 18.4 Å². The fraction of sp³-hybridized carbons (Fsp3) is 0.222. The first-order chi connectivity index (χ1) is 13.1. The summed E-state index contributed by atoms with van der Waals surface area (Å²) >= 11 is 0. The third kappa shape index (κ3) is 3.55. The Morgan fingerprint density at radius 2 is 1.75 bits per heavy atom. The highest BCUT2D eigenvalue weighted by Gasteiger charge is 2.43. The van der Waals surface area contributed by atoms with Gasteiger partial charge in [0, 0.05) is 12.5 Å². The number of alkyl halides is 3. The van der Waals surface area contributed by atoms with Crippen LogP contribution in [0.5, 0.6) is 0 Å². The second-order valence-electron chi connectivity index (χ2n) is 6.23. The molecule has 0 spiro atoms. The summed E-state index contributed by atoms with van der Waals surface area (Å²) in [7, 11) is 0. The molecule has 1 heterocycles. The zero-order valence-electron chi connectivity index (χ0n) is 14.1. The Kier molecular flexibility index (Phi) is 5.07. The molecule has 10 heteroatoms. The molecule has 3 N–H and O–H groups in total. The summed E-state index contributed by atoms with van der Waals surface area (Å²) < 4.78 is 65.5. The number of hydrazine groups is 1. The molecule has 0 aromatic heterocycles. The van der Waals surface area contributed by atoms with Crippen LogP contribution in [0.1, 0.15) is 17.0 Å². The Balaban J connectivity index is 1.89. The molecule has 0 radical (unpaired) electrons. The van der Waals surface area contributed by atoms with Crippen LogP contribution in [0.25, 0.3) is 0 Å². The van der Waals surface area contributed by atoms with Crippen molar-refractivity contribution in [2.75, 3.05) is 11.6 Å². The maximum absolute atomic E-state index is 13.9. The van der Waals surface area contributed by atoms with Crippen LogP contribution >= 0.6 is 0 Å². The number of rotatable bonds is 3. The minimum atomic E-state index is -4.53. The van der Waals surface area contributed by atoms with E-state index in [4.69, 9.17) is 5.84 Å². The van der Waals surface area contributed by atoms with Gasteiger partial charge in [0.25, 0.3) is 5.91 Å². The number of nitrogens with one attached hydrogen (secondary N) is 1. The van der Waals surface area contributed by atoms with Gasteiger partial charge >= 0.3 is 6.18 Å². The fourth-order valence-electron chi connectivity index (χ4n) is 3.08. The van der Waals surface area contributed by atoms with Crippen molar-refractivity contribution in [1.82, 2.24) is 5.32 Å². The molecule has 1 fully saturated rings. The van der Waals surface area contributed by atoms with Crippen molar-refractivity contribution in [3.63, 3.8) is 0 Å². The zero-order chi connectivity index (χ0) is 20.6.